The molecule has 0 amide bonds. The van der Waals surface area contributed by atoms with Crippen molar-refractivity contribution in [3.05, 3.63) is 62.9 Å². The van der Waals surface area contributed by atoms with E-state index in [1.54, 1.807) is 13.0 Å². The Kier molecular flexibility index (Phi) is 3.31. The third-order valence-corrected chi connectivity index (χ3v) is 4.40. The molecule has 0 aliphatic rings. The molecule has 0 bridgehead atoms. The summed E-state index contributed by atoms with van der Waals surface area (Å²) < 4.78 is 2.20. The molecule has 3 aromatic rings. The van der Waals surface area contributed by atoms with Crippen molar-refractivity contribution in [3.8, 4) is 0 Å². The third-order valence-electron chi connectivity index (χ3n) is 3.20. The van der Waals surface area contributed by atoms with Crippen molar-refractivity contribution in [1.29, 1.82) is 0 Å². The van der Waals surface area contributed by atoms with Crippen LogP contribution in [0.1, 0.15) is 20.9 Å². The summed E-state index contributed by atoms with van der Waals surface area (Å²) in [6.07, 6.45) is 0. The maximum atomic E-state index is 11.9. The summed E-state index contributed by atoms with van der Waals surface area (Å²) in [6, 6.07) is 10.6. The summed E-state index contributed by atoms with van der Waals surface area (Å²) in [5, 5.41) is 14.4. The van der Waals surface area contributed by atoms with Gasteiger partial charge in [0.15, 0.2) is 0 Å². The number of nitrogens with zero attached hydrogens (tertiary/aromatic N) is 2. The zero-order valence-corrected chi connectivity index (χ0v) is 12.1. The molecule has 0 saturated carbocycles. The molecule has 0 spiro atoms. The first-order valence-corrected chi connectivity index (χ1v) is 7.16. The summed E-state index contributed by atoms with van der Waals surface area (Å²) in [7, 11) is 0. The maximum Gasteiger partial charge on any atom is 0.346 e. The standard InChI is InChI=1S/C15H12N2O3S/c1-9-6-7-13(18)17(16-9)8-11-10-4-2-3-5-12(10)21-14(11)15(19)20/h2-7H,8H2,1H3,(H,19,20). The van der Waals surface area contributed by atoms with Crippen molar-refractivity contribution in [2.24, 2.45) is 0 Å². The lowest BCUT2D eigenvalue weighted by atomic mass is 10.1. The molecule has 6 heteroatoms. The first-order chi connectivity index (χ1) is 10.1. The minimum absolute atomic E-state index is 0.159. The summed E-state index contributed by atoms with van der Waals surface area (Å²) in [4.78, 5) is 23.6. The average molecular weight is 300 g/mol. The van der Waals surface area contributed by atoms with E-state index < -0.39 is 5.97 Å². The minimum Gasteiger partial charge on any atom is -0.477 e. The first-order valence-electron chi connectivity index (χ1n) is 6.35. The van der Waals surface area contributed by atoms with Crippen molar-refractivity contribution in [1.82, 2.24) is 9.78 Å². The van der Waals surface area contributed by atoms with E-state index in [9.17, 15) is 14.7 Å². The summed E-state index contributed by atoms with van der Waals surface area (Å²) in [5.74, 6) is -0.980. The van der Waals surface area contributed by atoms with Crippen LogP contribution in [0.15, 0.2) is 41.2 Å². The number of fused-ring (bicyclic) bond motifs is 1. The van der Waals surface area contributed by atoms with E-state index in [-0.39, 0.29) is 17.0 Å². The van der Waals surface area contributed by atoms with Crippen LogP contribution >= 0.6 is 11.3 Å². The highest BCUT2D eigenvalue weighted by molar-refractivity contribution is 7.21. The van der Waals surface area contributed by atoms with Gasteiger partial charge in [-0.2, -0.15) is 5.10 Å². The Morgan fingerprint density at radius 1 is 1.29 bits per heavy atom. The molecule has 0 saturated heterocycles. The van der Waals surface area contributed by atoms with Crippen LogP contribution in [0, 0.1) is 6.92 Å². The number of rotatable bonds is 3. The van der Waals surface area contributed by atoms with Crippen molar-refractivity contribution < 1.29 is 9.90 Å². The smallest absolute Gasteiger partial charge is 0.346 e. The SMILES string of the molecule is Cc1ccc(=O)n(Cc2c(C(=O)O)sc3ccccc23)n1. The number of carboxylic acids is 1. The van der Waals surface area contributed by atoms with Gasteiger partial charge in [0.05, 0.1) is 12.2 Å². The number of benzene rings is 1. The van der Waals surface area contributed by atoms with Crippen molar-refractivity contribution in [2.75, 3.05) is 0 Å². The highest BCUT2D eigenvalue weighted by atomic mass is 32.1. The van der Waals surface area contributed by atoms with Gasteiger partial charge >= 0.3 is 5.97 Å². The van der Waals surface area contributed by atoms with E-state index in [1.807, 2.05) is 24.3 Å². The number of aromatic nitrogens is 2. The molecule has 106 valence electrons. The fraction of sp³-hybridized carbons (Fsp3) is 0.133. The van der Waals surface area contributed by atoms with E-state index in [2.05, 4.69) is 5.10 Å². The number of aromatic carboxylic acids is 1. The summed E-state index contributed by atoms with van der Waals surface area (Å²) in [5.41, 5.74) is 1.10. The van der Waals surface area contributed by atoms with Crippen LogP contribution in [0.4, 0.5) is 0 Å². The quantitative estimate of drug-likeness (QED) is 0.806. The van der Waals surface area contributed by atoms with E-state index in [0.29, 0.717) is 11.3 Å². The second-order valence-electron chi connectivity index (χ2n) is 4.68. The topological polar surface area (TPSA) is 72.2 Å². The molecule has 0 fully saturated rings. The van der Waals surface area contributed by atoms with Crippen molar-refractivity contribution in [3.63, 3.8) is 0 Å². The molecule has 0 atom stereocenters. The molecule has 1 aromatic carbocycles. The Balaban J connectivity index is 2.19. The van der Waals surface area contributed by atoms with E-state index in [0.717, 1.165) is 10.1 Å². The molecular formula is C15H12N2O3S. The monoisotopic (exact) mass is 300 g/mol. The zero-order valence-electron chi connectivity index (χ0n) is 11.2. The Bertz CT molecular complexity index is 895. The van der Waals surface area contributed by atoms with Gasteiger partial charge in [0, 0.05) is 16.3 Å². The highest BCUT2D eigenvalue weighted by Crippen LogP contribution is 2.31. The molecule has 0 aliphatic carbocycles. The lowest BCUT2D eigenvalue weighted by Crippen LogP contribution is -2.23. The van der Waals surface area contributed by atoms with Crippen LogP contribution in [0.2, 0.25) is 0 Å². The molecule has 2 aromatic heterocycles. The Morgan fingerprint density at radius 2 is 2.05 bits per heavy atom. The summed E-state index contributed by atoms with van der Waals surface area (Å²) >= 11 is 1.22. The van der Waals surface area contributed by atoms with Crippen molar-refractivity contribution >= 4 is 27.4 Å². The fourth-order valence-corrected chi connectivity index (χ4v) is 3.30. The van der Waals surface area contributed by atoms with Gasteiger partial charge in [-0.15, -0.1) is 11.3 Å². The van der Waals surface area contributed by atoms with Gasteiger partial charge < -0.3 is 5.11 Å². The largest absolute Gasteiger partial charge is 0.477 e. The van der Waals surface area contributed by atoms with Crippen LogP contribution in [-0.2, 0) is 6.54 Å². The first kappa shape index (κ1) is 13.5. The molecular weight excluding hydrogens is 288 g/mol. The highest BCUT2D eigenvalue weighted by Gasteiger charge is 2.18. The van der Waals surface area contributed by atoms with Gasteiger partial charge in [-0.1, -0.05) is 18.2 Å². The zero-order chi connectivity index (χ0) is 15.0. The molecule has 1 N–H and O–H groups in total. The Labute approximate surface area is 124 Å². The molecule has 21 heavy (non-hydrogen) atoms. The molecule has 5 nitrogen and oxygen atoms in total. The van der Waals surface area contributed by atoms with Gasteiger partial charge in [-0.3, -0.25) is 4.79 Å². The molecule has 0 radical (unpaired) electrons. The van der Waals surface area contributed by atoms with Crippen molar-refractivity contribution in [2.45, 2.75) is 13.5 Å². The van der Waals surface area contributed by atoms with E-state index in [4.69, 9.17) is 0 Å². The normalized spacial score (nSPS) is 10.9. The second-order valence-corrected chi connectivity index (χ2v) is 5.73. The molecule has 0 aliphatic heterocycles. The molecule has 0 unspecified atom stereocenters. The van der Waals surface area contributed by atoms with Crippen LogP contribution < -0.4 is 5.56 Å². The number of aryl methyl sites for hydroxylation is 1. The number of thiophene rings is 1. The second kappa shape index (κ2) is 5.14. The number of hydrogen-bond acceptors (Lipinski definition) is 4. The van der Waals surface area contributed by atoms with E-state index >= 15 is 0 Å². The van der Waals surface area contributed by atoms with E-state index in [1.165, 1.54) is 22.1 Å². The van der Waals surface area contributed by atoms with Crippen LogP contribution in [0.5, 0.6) is 0 Å². The van der Waals surface area contributed by atoms with Crippen LogP contribution in [-0.4, -0.2) is 20.9 Å². The summed E-state index contributed by atoms with van der Waals surface area (Å²) in [6.45, 7) is 1.95. The number of hydrogen-bond donors (Lipinski definition) is 1. The van der Waals surface area contributed by atoms with Gasteiger partial charge in [0.1, 0.15) is 4.88 Å². The molecule has 2 heterocycles. The minimum atomic E-state index is -0.980. The van der Waals surface area contributed by atoms with Gasteiger partial charge in [0.25, 0.3) is 5.56 Å². The number of carbonyl (C=O) groups is 1. The molecule has 3 rings (SSSR count). The predicted octanol–water partition coefficient (Wildman–Crippen LogP) is 2.51. The van der Waals surface area contributed by atoms with Crippen LogP contribution in [0.25, 0.3) is 10.1 Å². The third kappa shape index (κ3) is 2.45. The Hall–Kier alpha value is -2.47. The predicted molar refractivity (Wildman–Crippen MR) is 81.1 cm³/mol. The lowest BCUT2D eigenvalue weighted by Gasteiger charge is -2.06. The van der Waals surface area contributed by atoms with Gasteiger partial charge in [0.2, 0.25) is 0 Å². The maximum absolute atomic E-state index is 11.9. The van der Waals surface area contributed by atoms with Crippen LogP contribution in [0.3, 0.4) is 0 Å². The fourth-order valence-electron chi connectivity index (χ4n) is 2.24. The lowest BCUT2D eigenvalue weighted by molar-refractivity contribution is 0.0701. The number of carboxylic acid groups (broad SMARTS) is 1. The average Bonchev–Trinajstić information content (AvgIpc) is 2.82. The Morgan fingerprint density at radius 3 is 2.81 bits per heavy atom. The van der Waals surface area contributed by atoms with Gasteiger partial charge in [-0.25, -0.2) is 9.48 Å². The van der Waals surface area contributed by atoms with Gasteiger partial charge in [-0.05, 0) is 24.4 Å².